The van der Waals surface area contributed by atoms with E-state index in [4.69, 9.17) is 10.6 Å². The van der Waals surface area contributed by atoms with Crippen molar-refractivity contribution < 1.29 is 16.5 Å². The van der Waals surface area contributed by atoms with Crippen molar-refractivity contribution in [1.82, 2.24) is 31.9 Å². The van der Waals surface area contributed by atoms with Gasteiger partial charge in [0.2, 0.25) is 0 Å². The average molecular weight is 597 g/mol. The van der Waals surface area contributed by atoms with E-state index >= 15 is 0 Å². The summed E-state index contributed by atoms with van der Waals surface area (Å²) in [5.41, 5.74) is 5.41. The molecule has 2 aromatic rings. The molecule has 3 saturated heterocycles. The van der Waals surface area contributed by atoms with E-state index in [-0.39, 0.29) is 65.8 Å². The van der Waals surface area contributed by atoms with Gasteiger partial charge in [-0.05, 0) is 45.9 Å². The Morgan fingerprint density at radius 1 is 0.415 bits per heavy atom. The molecule has 2 aromatic carbocycles. The van der Waals surface area contributed by atoms with Gasteiger partial charge in [0.15, 0.2) is 0 Å². The van der Waals surface area contributed by atoms with Crippen LogP contribution in [-0.4, -0.2) is 24.7 Å². The van der Waals surface area contributed by atoms with Crippen molar-refractivity contribution in [3.63, 3.8) is 0 Å². The van der Waals surface area contributed by atoms with Gasteiger partial charge in [-0.25, -0.2) is 0 Å². The number of benzene rings is 2. The molecule has 5 fully saturated rings. The average Bonchev–Trinajstić information content (AvgIpc) is 3.73. The van der Waals surface area contributed by atoms with E-state index in [1.165, 1.54) is 73.6 Å². The maximum absolute atomic E-state index is 5.48. The summed E-state index contributed by atoms with van der Waals surface area (Å²) in [5, 5.41) is 34.9. The maximum atomic E-state index is 5.48. The summed E-state index contributed by atoms with van der Waals surface area (Å²) in [6.07, 6.45) is 11.2. The molecule has 8 nitrogen and oxygen atoms in total. The van der Waals surface area contributed by atoms with Gasteiger partial charge in [0.1, 0.15) is 0 Å². The number of nitrogens with zero attached hydrogens (tertiary/aromatic N) is 2. The van der Waals surface area contributed by atoms with Crippen LogP contribution in [0.1, 0.15) is 98.3 Å². The largest absolute Gasteiger partial charge is 2.00 e. The maximum Gasteiger partial charge on any atom is 2.00 e. The fourth-order valence-electron chi connectivity index (χ4n) is 9.40. The van der Waals surface area contributed by atoms with Crippen LogP contribution < -0.4 is 31.9 Å². The molecule has 0 aromatic heterocycles. The van der Waals surface area contributed by atoms with Gasteiger partial charge in [0, 0.05) is 0 Å². The van der Waals surface area contributed by atoms with Crippen molar-refractivity contribution in [2.24, 2.45) is 23.7 Å². The molecule has 12 unspecified atom stereocenters. The Morgan fingerprint density at radius 3 is 0.951 bits per heavy atom. The third kappa shape index (κ3) is 4.55. The molecule has 5 aliphatic heterocycles. The van der Waals surface area contributed by atoms with Crippen LogP contribution in [-0.2, 0) is 16.5 Å². The SMILES string of the molecule is [Ni+2].c1ccc2c(c1)C1NC2NC2[N-]C(NC3NC(NC4[N-]C(N1)C1CCCCC41)c1ccccc13)C1CCCCC21. The topological polar surface area (TPSA) is 100 Å². The van der Waals surface area contributed by atoms with Crippen molar-refractivity contribution in [3.8, 4) is 0 Å². The van der Waals surface area contributed by atoms with E-state index in [9.17, 15) is 0 Å². The number of fused-ring (bicyclic) bond motifs is 20. The first-order valence-electron chi connectivity index (χ1n) is 15.9. The molecule has 9 heteroatoms. The Bertz CT molecular complexity index is 1070. The molecule has 0 amide bonds. The molecular weight excluding hydrogens is 555 g/mol. The van der Waals surface area contributed by atoms with E-state index in [1.54, 1.807) is 0 Å². The number of hydrogen-bond acceptors (Lipinski definition) is 6. The number of rotatable bonds is 0. The van der Waals surface area contributed by atoms with Gasteiger partial charge in [-0.15, -0.1) is 0 Å². The fraction of sp³-hybridized carbons (Fsp3) is 0.625. The van der Waals surface area contributed by atoms with Gasteiger partial charge in [0.05, 0.1) is 24.7 Å². The Hall–Kier alpha value is -1.39. The molecule has 7 aliphatic rings. The predicted molar refractivity (Wildman–Crippen MR) is 155 cm³/mol. The van der Waals surface area contributed by atoms with E-state index in [1.807, 2.05) is 0 Å². The van der Waals surface area contributed by atoms with Gasteiger partial charge in [-0.3, -0.25) is 10.6 Å². The first kappa shape index (κ1) is 27.2. The molecule has 41 heavy (non-hydrogen) atoms. The zero-order valence-electron chi connectivity index (χ0n) is 23.4. The molecular formula is C32H42N8Ni. The molecule has 8 bridgehead atoms. The molecule has 0 radical (unpaired) electrons. The molecule has 0 spiro atoms. The second-order valence-electron chi connectivity index (χ2n) is 13.3. The van der Waals surface area contributed by atoms with Crippen LogP contribution in [0.3, 0.4) is 0 Å². The zero-order chi connectivity index (χ0) is 26.2. The fourth-order valence-corrected chi connectivity index (χ4v) is 9.40. The quantitative estimate of drug-likeness (QED) is 0.248. The van der Waals surface area contributed by atoms with Crippen molar-refractivity contribution in [2.45, 2.75) is 101 Å². The summed E-state index contributed by atoms with van der Waals surface area (Å²) in [5.74, 6) is 2.29. The monoisotopic (exact) mass is 596 g/mol. The number of hydrogen-bond donors (Lipinski definition) is 6. The molecule has 5 heterocycles. The summed E-state index contributed by atoms with van der Waals surface area (Å²) in [4.78, 5) is 0. The minimum atomic E-state index is 0. The summed E-state index contributed by atoms with van der Waals surface area (Å²) < 4.78 is 0. The van der Waals surface area contributed by atoms with Crippen LogP contribution in [0, 0.1) is 23.7 Å². The standard InChI is InChI=1S/C32H42N8.Ni/c1-2-10-18-17(9-1)25-33-26(18)38-28-21-13-5-6-14-22(21)30(35-28)40-32-24-16-8-7-15-23(24)31(36-32)39-29-20-12-4-3-11-19(20)27(34-29)37-25;/h1-2,7-10,15-16,19-22,25-33,36-40H,3-6,11-14H2;/q-2;+2. The smallest absolute Gasteiger partial charge is 0.632 e. The van der Waals surface area contributed by atoms with Crippen molar-refractivity contribution in [1.29, 1.82) is 0 Å². The van der Waals surface area contributed by atoms with Crippen LogP contribution >= 0.6 is 0 Å². The first-order chi connectivity index (χ1) is 19.8. The van der Waals surface area contributed by atoms with Crippen LogP contribution in [0.2, 0.25) is 0 Å². The molecule has 9 rings (SSSR count). The Morgan fingerprint density at radius 2 is 0.683 bits per heavy atom. The van der Waals surface area contributed by atoms with Crippen LogP contribution in [0.5, 0.6) is 0 Å². The third-order valence-corrected chi connectivity index (χ3v) is 11.3. The molecule has 12 atom stereocenters. The molecule has 2 saturated carbocycles. The Balaban J connectivity index is 0.00000256. The second kappa shape index (κ2) is 11.0. The third-order valence-electron chi connectivity index (χ3n) is 11.3. The minimum absolute atomic E-state index is 0. The van der Waals surface area contributed by atoms with Gasteiger partial charge in [-0.1, -0.05) is 125 Å². The van der Waals surface area contributed by atoms with Gasteiger partial charge >= 0.3 is 16.5 Å². The normalized spacial score (nSPS) is 44.3. The molecule has 2 aliphatic carbocycles. The van der Waals surface area contributed by atoms with Gasteiger partial charge < -0.3 is 31.9 Å². The van der Waals surface area contributed by atoms with Crippen LogP contribution in [0.25, 0.3) is 10.6 Å². The molecule has 220 valence electrons. The van der Waals surface area contributed by atoms with Gasteiger partial charge in [0.25, 0.3) is 0 Å². The van der Waals surface area contributed by atoms with E-state index < -0.39 is 0 Å². The Labute approximate surface area is 253 Å². The summed E-state index contributed by atoms with van der Waals surface area (Å²) in [7, 11) is 0. The number of nitrogens with one attached hydrogen (secondary N) is 6. The van der Waals surface area contributed by atoms with E-state index in [2.05, 4.69) is 80.4 Å². The molecule has 6 N–H and O–H groups in total. The van der Waals surface area contributed by atoms with Crippen molar-refractivity contribution in [3.05, 3.63) is 81.4 Å². The summed E-state index contributed by atoms with van der Waals surface area (Å²) in [6, 6.07) is 17.9. The first-order valence-corrected chi connectivity index (χ1v) is 15.9. The van der Waals surface area contributed by atoms with E-state index in [0.29, 0.717) is 23.7 Å². The summed E-state index contributed by atoms with van der Waals surface area (Å²) >= 11 is 0. The zero-order valence-corrected chi connectivity index (χ0v) is 24.4. The Kier molecular flexibility index (Phi) is 7.26. The van der Waals surface area contributed by atoms with Crippen molar-refractivity contribution in [2.75, 3.05) is 0 Å². The minimum Gasteiger partial charge on any atom is -0.632 e. The van der Waals surface area contributed by atoms with Crippen LogP contribution in [0.4, 0.5) is 0 Å². The van der Waals surface area contributed by atoms with Crippen molar-refractivity contribution >= 4 is 0 Å². The summed E-state index contributed by atoms with van der Waals surface area (Å²) in [6.45, 7) is 0. The second-order valence-corrected chi connectivity index (χ2v) is 13.3. The predicted octanol–water partition coefficient (Wildman–Crippen LogP) is 4.65. The van der Waals surface area contributed by atoms with Gasteiger partial charge in [-0.2, -0.15) is 0 Å². The van der Waals surface area contributed by atoms with E-state index in [0.717, 1.165) is 0 Å². The van der Waals surface area contributed by atoms with Crippen LogP contribution in [0.15, 0.2) is 48.5 Å².